The number of nitrogens with two attached hydrogens (primary N) is 1. The number of carboxylic acids is 1. The van der Waals surface area contributed by atoms with Crippen molar-refractivity contribution in [1.29, 1.82) is 0 Å². The first-order chi connectivity index (χ1) is 14.3. The Balaban J connectivity index is 2.23. The zero-order chi connectivity index (χ0) is 22.3. The molecule has 2 amide bonds. The number of amides is 2. The maximum Gasteiger partial charge on any atom is 0.326 e. The highest BCUT2D eigenvalue weighted by atomic mass is 32.2. The van der Waals surface area contributed by atoms with Crippen LogP contribution < -0.4 is 15.2 Å². The Labute approximate surface area is 184 Å². The summed E-state index contributed by atoms with van der Waals surface area (Å²) in [6.07, 6.45) is 3.28. The predicted molar refractivity (Wildman–Crippen MR) is 118 cm³/mol. The van der Waals surface area contributed by atoms with E-state index in [4.69, 9.17) is 27.4 Å². The van der Waals surface area contributed by atoms with Crippen LogP contribution in [0.25, 0.3) is 6.08 Å². The number of ether oxygens (including phenoxy) is 2. The SMILES string of the molecule is CCCCOc1ccc(/C=C2\SC(=S)N(C(CCC(N)=O)C(=O)O)C2=O)cc1OC. The van der Waals surface area contributed by atoms with Crippen molar-refractivity contribution in [2.75, 3.05) is 13.7 Å². The van der Waals surface area contributed by atoms with Crippen LogP contribution in [0.3, 0.4) is 0 Å². The fourth-order valence-corrected chi connectivity index (χ4v) is 4.12. The standard InChI is InChI=1S/C20H24N2O6S2/c1-3-4-9-28-14-7-5-12(10-15(14)27-2)11-16-18(24)22(20(29)30-16)13(19(25)26)6-8-17(21)23/h5,7,10-11,13H,3-4,6,8-9H2,1-2H3,(H2,21,23)(H,25,26)/b16-11-. The Morgan fingerprint density at radius 2 is 2.10 bits per heavy atom. The van der Waals surface area contributed by atoms with Gasteiger partial charge in [-0.05, 0) is 36.6 Å². The van der Waals surface area contributed by atoms with Crippen LogP contribution in [-0.2, 0) is 14.4 Å². The average molecular weight is 453 g/mol. The molecule has 2 rings (SSSR count). The molecule has 30 heavy (non-hydrogen) atoms. The van der Waals surface area contributed by atoms with Crippen LogP contribution in [0.2, 0.25) is 0 Å². The van der Waals surface area contributed by atoms with Gasteiger partial charge in [-0.1, -0.05) is 43.4 Å². The Hall–Kier alpha value is -2.59. The number of methoxy groups -OCH3 is 1. The number of hydrogen-bond donors (Lipinski definition) is 2. The number of carbonyl (C=O) groups is 3. The summed E-state index contributed by atoms with van der Waals surface area (Å²) in [5.41, 5.74) is 5.79. The quantitative estimate of drug-likeness (QED) is 0.299. The summed E-state index contributed by atoms with van der Waals surface area (Å²) in [7, 11) is 1.53. The van der Waals surface area contributed by atoms with Crippen LogP contribution in [0, 0.1) is 0 Å². The van der Waals surface area contributed by atoms with E-state index in [1.165, 1.54) is 7.11 Å². The van der Waals surface area contributed by atoms with Crippen molar-refractivity contribution < 1.29 is 29.0 Å². The largest absolute Gasteiger partial charge is 0.493 e. The molecule has 1 aliphatic rings. The third-order valence-corrected chi connectivity index (χ3v) is 5.66. The molecule has 0 spiro atoms. The fourth-order valence-electron chi connectivity index (χ4n) is 2.76. The highest BCUT2D eigenvalue weighted by Gasteiger charge is 2.40. The van der Waals surface area contributed by atoms with E-state index in [-0.39, 0.29) is 22.1 Å². The summed E-state index contributed by atoms with van der Waals surface area (Å²) in [4.78, 5) is 36.8. The van der Waals surface area contributed by atoms with Crippen molar-refractivity contribution in [3.8, 4) is 11.5 Å². The number of carboxylic acid groups (broad SMARTS) is 1. The third kappa shape index (κ3) is 5.96. The van der Waals surface area contributed by atoms with Crippen LogP contribution in [0.5, 0.6) is 11.5 Å². The second kappa shape index (κ2) is 11.0. The van der Waals surface area contributed by atoms with Crippen LogP contribution in [0.1, 0.15) is 38.2 Å². The smallest absolute Gasteiger partial charge is 0.326 e. The van der Waals surface area contributed by atoms with Crippen LogP contribution in [0.15, 0.2) is 23.1 Å². The molecule has 162 valence electrons. The molecule has 1 aromatic carbocycles. The lowest BCUT2D eigenvalue weighted by atomic mass is 10.1. The molecular formula is C20H24N2O6S2. The Morgan fingerprint density at radius 3 is 2.70 bits per heavy atom. The molecule has 0 saturated carbocycles. The summed E-state index contributed by atoms with van der Waals surface area (Å²) < 4.78 is 11.2. The molecule has 0 bridgehead atoms. The van der Waals surface area contributed by atoms with Gasteiger partial charge in [-0.25, -0.2) is 4.79 Å². The number of thioether (sulfide) groups is 1. The van der Waals surface area contributed by atoms with Gasteiger partial charge in [-0.3, -0.25) is 14.5 Å². The van der Waals surface area contributed by atoms with E-state index in [1.807, 2.05) is 0 Å². The molecule has 1 fully saturated rings. The third-order valence-electron chi connectivity index (χ3n) is 4.33. The Kier molecular flexibility index (Phi) is 8.67. The van der Waals surface area contributed by atoms with Gasteiger partial charge in [-0.2, -0.15) is 0 Å². The van der Waals surface area contributed by atoms with Crippen molar-refractivity contribution in [2.24, 2.45) is 5.73 Å². The molecule has 1 heterocycles. The topological polar surface area (TPSA) is 119 Å². The summed E-state index contributed by atoms with van der Waals surface area (Å²) in [5.74, 6) is -1.28. The molecule has 0 radical (unpaired) electrons. The van der Waals surface area contributed by atoms with E-state index in [2.05, 4.69) is 6.92 Å². The Morgan fingerprint density at radius 1 is 1.37 bits per heavy atom. The maximum absolute atomic E-state index is 12.8. The van der Waals surface area contributed by atoms with Crippen molar-refractivity contribution in [3.05, 3.63) is 28.7 Å². The predicted octanol–water partition coefficient (Wildman–Crippen LogP) is 2.79. The lowest BCUT2D eigenvalue weighted by molar-refractivity contribution is -0.145. The van der Waals surface area contributed by atoms with Gasteiger partial charge in [0.05, 0.1) is 18.6 Å². The molecule has 1 aliphatic heterocycles. The molecule has 1 unspecified atom stereocenters. The van der Waals surface area contributed by atoms with Crippen molar-refractivity contribution in [2.45, 2.75) is 38.6 Å². The maximum atomic E-state index is 12.8. The number of thiocarbonyl (C=S) groups is 1. The van der Waals surface area contributed by atoms with Gasteiger partial charge in [0.25, 0.3) is 5.91 Å². The van der Waals surface area contributed by atoms with E-state index in [9.17, 15) is 19.5 Å². The number of nitrogens with zero attached hydrogens (tertiary/aromatic N) is 1. The van der Waals surface area contributed by atoms with Crippen LogP contribution in [0.4, 0.5) is 0 Å². The lowest BCUT2D eigenvalue weighted by Gasteiger charge is -2.22. The molecule has 3 N–H and O–H groups in total. The number of benzene rings is 1. The first-order valence-corrected chi connectivity index (χ1v) is 10.6. The number of hydrogen-bond acceptors (Lipinski definition) is 7. The minimum absolute atomic E-state index is 0.109. The lowest BCUT2D eigenvalue weighted by Crippen LogP contribution is -2.44. The summed E-state index contributed by atoms with van der Waals surface area (Å²) in [6, 6.07) is 4.02. The average Bonchev–Trinajstić information content (AvgIpc) is 2.96. The summed E-state index contributed by atoms with van der Waals surface area (Å²) in [5, 5.41) is 9.48. The van der Waals surface area contributed by atoms with Gasteiger partial charge < -0.3 is 20.3 Å². The molecule has 1 aromatic rings. The molecule has 8 nitrogen and oxygen atoms in total. The van der Waals surface area contributed by atoms with Crippen LogP contribution >= 0.6 is 24.0 Å². The van der Waals surface area contributed by atoms with Gasteiger partial charge in [0.1, 0.15) is 10.4 Å². The number of carbonyl (C=O) groups excluding carboxylic acids is 2. The summed E-state index contributed by atoms with van der Waals surface area (Å²) in [6.45, 7) is 2.65. The highest BCUT2D eigenvalue weighted by Crippen LogP contribution is 2.36. The van der Waals surface area contributed by atoms with Gasteiger partial charge in [-0.15, -0.1) is 0 Å². The highest BCUT2D eigenvalue weighted by molar-refractivity contribution is 8.26. The van der Waals surface area contributed by atoms with E-state index in [1.54, 1.807) is 24.3 Å². The van der Waals surface area contributed by atoms with Gasteiger partial charge in [0.15, 0.2) is 11.5 Å². The zero-order valence-corrected chi connectivity index (χ0v) is 18.4. The molecular weight excluding hydrogens is 428 g/mol. The number of rotatable bonds is 11. The first kappa shape index (κ1) is 23.7. The summed E-state index contributed by atoms with van der Waals surface area (Å²) >= 11 is 6.23. The fraction of sp³-hybridized carbons (Fsp3) is 0.400. The number of primary amides is 1. The van der Waals surface area contributed by atoms with Gasteiger partial charge in [0.2, 0.25) is 5.91 Å². The number of aliphatic carboxylic acids is 1. The molecule has 1 atom stereocenters. The van der Waals surface area contributed by atoms with E-state index in [0.717, 1.165) is 29.5 Å². The molecule has 0 aliphatic carbocycles. The zero-order valence-electron chi connectivity index (χ0n) is 16.8. The van der Waals surface area contributed by atoms with Crippen molar-refractivity contribution in [1.82, 2.24) is 4.90 Å². The van der Waals surface area contributed by atoms with Crippen LogP contribution in [-0.4, -0.2) is 51.9 Å². The second-order valence-corrected chi connectivity index (χ2v) is 8.20. The minimum atomic E-state index is -1.25. The molecule has 0 aromatic heterocycles. The minimum Gasteiger partial charge on any atom is -0.493 e. The van der Waals surface area contributed by atoms with Crippen molar-refractivity contribution >= 4 is 52.2 Å². The Bertz CT molecular complexity index is 871. The van der Waals surface area contributed by atoms with Gasteiger partial charge >= 0.3 is 5.97 Å². The monoisotopic (exact) mass is 452 g/mol. The molecule has 1 saturated heterocycles. The van der Waals surface area contributed by atoms with E-state index < -0.39 is 23.8 Å². The van der Waals surface area contributed by atoms with Gasteiger partial charge in [0, 0.05) is 6.42 Å². The van der Waals surface area contributed by atoms with E-state index in [0.29, 0.717) is 23.7 Å². The second-order valence-electron chi connectivity index (χ2n) is 6.52. The number of unbranched alkanes of at least 4 members (excludes halogenated alkanes) is 1. The normalized spacial score (nSPS) is 16.1. The first-order valence-electron chi connectivity index (χ1n) is 9.37. The van der Waals surface area contributed by atoms with E-state index >= 15 is 0 Å². The molecule has 10 heteroatoms. The van der Waals surface area contributed by atoms with Crippen molar-refractivity contribution in [3.63, 3.8) is 0 Å².